The van der Waals surface area contributed by atoms with Gasteiger partial charge in [0.25, 0.3) is 0 Å². The molecule has 2 heteroatoms. The predicted molar refractivity (Wildman–Crippen MR) is 79.5 cm³/mol. The van der Waals surface area contributed by atoms with Gasteiger partial charge in [-0.05, 0) is 50.8 Å². The number of nitrogens with one attached hydrogen (secondary N) is 1. The zero-order valence-electron chi connectivity index (χ0n) is 12.0. The fourth-order valence-electron chi connectivity index (χ4n) is 2.35. The molecule has 2 nitrogen and oxygen atoms in total. The minimum absolute atomic E-state index is 1.01. The highest BCUT2D eigenvalue weighted by Gasteiger charge is 2.12. The quantitative estimate of drug-likeness (QED) is 0.868. The molecular weight excluding hydrogens is 220 g/mol. The molecule has 0 aliphatic rings. The molecule has 0 saturated carbocycles. The Balaban J connectivity index is 2.79. The van der Waals surface area contributed by atoms with E-state index in [1.807, 2.05) is 0 Å². The number of pyridine rings is 1. The Hall–Kier alpha value is -1.57. The smallest absolute Gasteiger partial charge is 0.0757 e. The van der Waals surface area contributed by atoms with Crippen LogP contribution >= 0.6 is 0 Å². The maximum Gasteiger partial charge on any atom is 0.0757 e. The van der Waals surface area contributed by atoms with Crippen LogP contribution in [-0.4, -0.2) is 11.5 Å². The number of benzene rings is 1. The molecule has 0 bridgehead atoms. The van der Waals surface area contributed by atoms with Crippen molar-refractivity contribution in [1.29, 1.82) is 0 Å². The first-order chi connectivity index (χ1) is 8.56. The fraction of sp³-hybridized carbons (Fsp3) is 0.438. The fourth-order valence-corrected chi connectivity index (χ4v) is 2.35. The predicted octanol–water partition coefficient (Wildman–Crippen LogP) is 4.29. The molecule has 2 rings (SSSR count). The third kappa shape index (κ3) is 2.07. The van der Waals surface area contributed by atoms with Crippen molar-refractivity contribution < 1.29 is 0 Å². The van der Waals surface area contributed by atoms with E-state index < -0.39 is 0 Å². The topological polar surface area (TPSA) is 24.9 Å². The Morgan fingerprint density at radius 3 is 2.39 bits per heavy atom. The third-order valence-electron chi connectivity index (χ3n) is 3.59. The van der Waals surface area contributed by atoms with Crippen LogP contribution in [0.3, 0.4) is 0 Å². The van der Waals surface area contributed by atoms with Gasteiger partial charge >= 0.3 is 0 Å². The first kappa shape index (κ1) is 12.9. The summed E-state index contributed by atoms with van der Waals surface area (Å²) in [6, 6.07) is 4.34. The van der Waals surface area contributed by atoms with Gasteiger partial charge in [0.15, 0.2) is 0 Å². The zero-order valence-corrected chi connectivity index (χ0v) is 12.0. The summed E-state index contributed by atoms with van der Waals surface area (Å²) >= 11 is 0. The molecule has 0 aliphatic carbocycles. The molecule has 0 aliphatic heterocycles. The molecule has 0 atom stereocenters. The number of hydrogen-bond acceptors (Lipinski definition) is 2. The first-order valence-electron chi connectivity index (χ1n) is 6.67. The van der Waals surface area contributed by atoms with Gasteiger partial charge in [0.05, 0.1) is 5.52 Å². The number of fused-ring (bicyclic) bond motifs is 1. The molecule has 0 unspecified atom stereocenters. The molecule has 0 saturated heterocycles. The molecule has 1 aromatic carbocycles. The van der Waals surface area contributed by atoms with E-state index in [2.05, 4.69) is 52.1 Å². The van der Waals surface area contributed by atoms with E-state index in [4.69, 9.17) is 4.98 Å². The lowest BCUT2D eigenvalue weighted by Gasteiger charge is -2.17. The molecule has 0 amide bonds. The second-order valence-electron chi connectivity index (χ2n) is 5.05. The molecule has 96 valence electrons. The van der Waals surface area contributed by atoms with Crippen LogP contribution in [0.1, 0.15) is 35.7 Å². The van der Waals surface area contributed by atoms with Crippen LogP contribution in [0.2, 0.25) is 0 Å². The second kappa shape index (κ2) is 4.97. The van der Waals surface area contributed by atoms with Crippen molar-refractivity contribution in [2.24, 2.45) is 0 Å². The highest BCUT2D eigenvalue weighted by atomic mass is 14.9. The normalized spacial score (nSPS) is 10.9. The van der Waals surface area contributed by atoms with Crippen molar-refractivity contribution in [3.8, 4) is 0 Å². The van der Waals surface area contributed by atoms with Crippen molar-refractivity contribution in [3.05, 3.63) is 34.5 Å². The van der Waals surface area contributed by atoms with Gasteiger partial charge in [0.2, 0.25) is 0 Å². The number of aromatic nitrogens is 1. The van der Waals surface area contributed by atoms with Crippen molar-refractivity contribution in [2.45, 2.75) is 41.0 Å². The molecule has 18 heavy (non-hydrogen) atoms. The van der Waals surface area contributed by atoms with Crippen LogP contribution in [-0.2, 0) is 0 Å². The highest BCUT2D eigenvalue weighted by molar-refractivity contribution is 5.97. The van der Waals surface area contributed by atoms with Gasteiger partial charge in [-0.1, -0.05) is 19.1 Å². The van der Waals surface area contributed by atoms with Crippen molar-refractivity contribution in [3.63, 3.8) is 0 Å². The van der Waals surface area contributed by atoms with Gasteiger partial charge < -0.3 is 5.32 Å². The van der Waals surface area contributed by atoms with Crippen LogP contribution in [0, 0.1) is 27.7 Å². The average molecular weight is 242 g/mol. The summed E-state index contributed by atoms with van der Waals surface area (Å²) in [5.74, 6) is 0. The van der Waals surface area contributed by atoms with Crippen LogP contribution in [0.5, 0.6) is 0 Å². The zero-order chi connectivity index (χ0) is 13.3. The van der Waals surface area contributed by atoms with Gasteiger partial charge in [-0.25, -0.2) is 0 Å². The van der Waals surface area contributed by atoms with Crippen LogP contribution in [0.15, 0.2) is 12.1 Å². The molecule has 0 fully saturated rings. The Morgan fingerprint density at radius 1 is 1.06 bits per heavy atom. The number of hydrogen-bond donors (Lipinski definition) is 1. The molecule has 1 heterocycles. The Bertz CT molecular complexity index is 585. The first-order valence-corrected chi connectivity index (χ1v) is 6.67. The minimum Gasteiger partial charge on any atom is -0.384 e. The summed E-state index contributed by atoms with van der Waals surface area (Å²) in [4.78, 5) is 4.76. The summed E-state index contributed by atoms with van der Waals surface area (Å²) in [5, 5.41) is 4.86. The molecule has 1 aromatic heterocycles. The molecule has 1 N–H and O–H groups in total. The van der Waals surface area contributed by atoms with E-state index in [0.29, 0.717) is 0 Å². The highest BCUT2D eigenvalue weighted by Crippen LogP contribution is 2.32. The number of aryl methyl sites for hydroxylation is 3. The van der Waals surface area contributed by atoms with Gasteiger partial charge in [-0.15, -0.1) is 0 Å². The maximum absolute atomic E-state index is 4.76. The van der Waals surface area contributed by atoms with E-state index in [0.717, 1.165) is 24.2 Å². The average Bonchev–Trinajstić information content (AvgIpc) is 2.35. The Kier molecular flexibility index (Phi) is 3.55. The van der Waals surface area contributed by atoms with Crippen molar-refractivity contribution >= 4 is 16.6 Å². The maximum atomic E-state index is 4.76. The molecule has 0 radical (unpaired) electrons. The summed E-state index contributed by atoms with van der Waals surface area (Å²) in [7, 11) is 0. The van der Waals surface area contributed by atoms with E-state index >= 15 is 0 Å². The second-order valence-corrected chi connectivity index (χ2v) is 5.05. The lowest BCUT2D eigenvalue weighted by molar-refractivity contribution is 0.976. The van der Waals surface area contributed by atoms with E-state index in [1.165, 1.54) is 27.8 Å². The monoisotopic (exact) mass is 242 g/mol. The Labute approximate surface area is 109 Å². The summed E-state index contributed by atoms with van der Waals surface area (Å²) in [6.07, 6.45) is 1.13. The van der Waals surface area contributed by atoms with Gasteiger partial charge in [-0.2, -0.15) is 0 Å². The number of rotatable bonds is 3. The summed E-state index contributed by atoms with van der Waals surface area (Å²) < 4.78 is 0. The summed E-state index contributed by atoms with van der Waals surface area (Å²) in [6.45, 7) is 11.7. The van der Waals surface area contributed by atoms with Crippen LogP contribution in [0.4, 0.5) is 5.69 Å². The van der Waals surface area contributed by atoms with Crippen molar-refractivity contribution in [1.82, 2.24) is 4.98 Å². The number of nitrogens with zero attached hydrogens (tertiary/aromatic N) is 1. The lowest BCUT2D eigenvalue weighted by atomic mass is 10.00. The number of anilines is 1. The summed E-state index contributed by atoms with van der Waals surface area (Å²) in [5.41, 5.74) is 7.33. The van der Waals surface area contributed by atoms with Gasteiger partial charge in [0.1, 0.15) is 0 Å². The van der Waals surface area contributed by atoms with Crippen LogP contribution < -0.4 is 5.32 Å². The lowest BCUT2D eigenvalue weighted by Crippen LogP contribution is -2.06. The Morgan fingerprint density at radius 2 is 1.72 bits per heavy atom. The molecule has 0 spiro atoms. The molecular formula is C16H22N2. The van der Waals surface area contributed by atoms with Crippen molar-refractivity contribution in [2.75, 3.05) is 11.9 Å². The third-order valence-corrected chi connectivity index (χ3v) is 3.59. The van der Waals surface area contributed by atoms with Gasteiger partial charge in [0, 0.05) is 23.3 Å². The largest absolute Gasteiger partial charge is 0.384 e. The van der Waals surface area contributed by atoms with E-state index in [1.54, 1.807) is 0 Å². The van der Waals surface area contributed by atoms with E-state index in [-0.39, 0.29) is 0 Å². The molecule has 2 aromatic rings. The minimum atomic E-state index is 1.01. The van der Waals surface area contributed by atoms with Crippen LogP contribution in [0.25, 0.3) is 10.9 Å². The van der Waals surface area contributed by atoms with Gasteiger partial charge in [-0.3, -0.25) is 4.98 Å². The SMILES string of the molecule is CCCNc1c(C)c(C)nc2c(C)ccc(C)c12. The standard InChI is InChI=1S/C16H22N2/c1-6-9-17-16-12(4)13(5)18-15-11(3)8-7-10(2)14(15)16/h7-8H,6,9H2,1-5H3,(H,17,18). The van der Waals surface area contributed by atoms with E-state index in [9.17, 15) is 0 Å².